The third-order valence-electron chi connectivity index (χ3n) is 6.44. The molecule has 0 atom stereocenters. The smallest absolute Gasteiger partial charge is 0.333 e. The molecule has 0 unspecified atom stereocenters. The van der Waals surface area contributed by atoms with Gasteiger partial charge in [0, 0.05) is 40.3 Å². The standard InChI is InChI=1S/C25H17FN4O3S/c1-13-6-20-22(9-19(13)15-8-17(12-28-11-15)34(26,32)33)30(16-3-4-16)25-23(24(20)31)18-5-2-14(10-27)7-21(18)29-25/h2,5-9,11-12,16,29H,3-4H2,1H3. The molecule has 6 rings (SSSR count). The molecule has 0 radical (unpaired) electrons. The number of nitrogens with zero attached hydrogens (tertiary/aromatic N) is 3. The van der Waals surface area contributed by atoms with Crippen molar-refractivity contribution >= 4 is 43.1 Å². The van der Waals surface area contributed by atoms with Crippen LogP contribution in [0.25, 0.3) is 44.0 Å². The third kappa shape index (κ3) is 3.03. The highest BCUT2D eigenvalue weighted by Gasteiger charge is 2.29. The molecule has 1 fully saturated rings. The van der Waals surface area contributed by atoms with Crippen molar-refractivity contribution in [1.82, 2.24) is 14.5 Å². The second kappa shape index (κ2) is 6.98. The van der Waals surface area contributed by atoms with Crippen LogP contribution in [0, 0.1) is 18.3 Å². The maximum absolute atomic E-state index is 13.7. The number of aromatic nitrogens is 3. The van der Waals surface area contributed by atoms with Crippen molar-refractivity contribution in [3.63, 3.8) is 0 Å². The summed E-state index contributed by atoms with van der Waals surface area (Å²) in [5, 5.41) is 11.2. The predicted octanol–water partition coefficient (Wildman–Crippen LogP) is 4.87. The molecular weight excluding hydrogens is 455 g/mol. The van der Waals surface area contributed by atoms with Gasteiger partial charge in [0.05, 0.1) is 22.5 Å². The molecule has 1 N–H and O–H groups in total. The summed E-state index contributed by atoms with van der Waals surface area (Å²) in [5.41, 5.74) is 4.36. The van der Waals surface area contributed by atoms with Gasteiger partial charge < -0.3 is 9.55 Å². The Labute approximate surface area is 193 Å². The first-order valence-electron chi connectivity index (χ1n) is 10.7. The summed E-state index contributed by atoms with van der Waals surface area (Å²) in [7, 11) is -4.90. The third-order valence-corrected chi connectivity index (χ3v) is 7.23. The van der Waals surface area contributed by atoms with E-state index >= 15 is 0 Å². The average molecular weight is 473 g/mol. The molecule has 0 saturated heterocycles. The second-order valence-electron chi connectivity index (χ2n) is 8.68. The minimum atomic E-state index is -4.90. The largest absolute Gasteiger partial charge is 0.340 e. The summed E-state index contributed by atoms with van der Waals surface area (Å²) in [6.07, 6.45) is 4.38. The van der Waals surface area contributed by atoms with Gasteiger partial charge in [0.15, 0.2) is 5.43 Å². The number of pyridine rings is 2. The lowest BCUT2D eigenvalue weighted by Crippen LogP contribution is -2.11. The van der Waals surface area contributed by atoms with Gasteiger partial charge >= 0.3 is 10.2 Å². The number of aryl methyl sites for hydroxylation is 1. The van der Waals surface area contributed by atoms with Gasteiger partial charge in [-0.2, -0.15) is 13.7 Å². The van der Waals surface area contributed by atoms with Gasteiger partial charge in [-0.3, -0.25) is 9.78 Å². The van der Waals surface area contributed by atoms with Crippen LogP contribution in [0.15, 0.2) is 58.5 Å². The lowest BCUT2D eigenvalue weighted by molar-refractivity contribution is 0.551. The molecule has 0 spiro atoms. The molecule has 2 aromatic carbocycles. The summed E-state index contributed by atoms with van der Waals surface area (Å²) in [5.74, 6) is 0. The van der Waals surface area contributed by atoms with Crippen molar-refractivity contribution in [3.8, 4) is 17.2 Å². The quantitative estimate of drug-likeness (QED) is 0.377. The summed E-state index contributed by atoms with van der Waals surface area (Å²) < 4.78 is 38.5. The highest BCUT2D eigenvalue weighted by molar-refractivity contribution is 7.86. The average Bonchev–Trinajstić information content (AvgIpc) is 3.57. The fourth-order valence-corrected chi connectivity index (χ4v) is 5.17. The van der Waals surface area contributed by atoms with E-state index in [1.807, 2.05) is 13.0 Å². The van der Waals surface area contributed by atoms with E-state index in [1.54, 1.807) is 24.3 Å². The predicted molar refractivity (Wildman–Crippen MR) is 127 cm³/mol. The maximum Gasteiger partial charge on any atom is 0.333 e. The van der Waals surface area contributed by atoms with E-state index in [-0.39, 0.29) is 11.5 Å². The Morgan fingerprint density at radius 1 is 1.15 bits per heavy atom. The van der Waals surface area contributed by atoms with Crippen molar-refractivity contribution in [3.05, 3.63) is 70.1 Å². The lowest BCUT2D eigenvalue weighted by atomic mass is 9.98. The summed E-state index contributed by atoms with van der Waals surface area (Å²) in [6, 6.07) is 12.5. The first-order chi connectivity index (χ1) is 16.3. The number of hydrogen-bond acceptors (Lipinski definition) is 5. The van der Waals surface area contributed by atoms with E-state index in [2.05, 4.69) is 20.6 Å². The first-order valence-corrected chi connectivity index (χ1v) is 12.1. The zero-order chi connectivity index (χ0) is 23.8. The maximum atomic E-state index is 13.7. The van der Waals surface area contributed by atoms with Gasteiger partial charge in [-0.15, -0.1) is 3.89 Å². The SMILES string of the molecule is Cc1cc2c(=O)c3c4ccc(C#N)cc4[nH]c3n(C3CC3)c2cc1-c1cncc(S(=O)(=O)F)c1. The molecule has 168 valence electrons. The van der Waals surface area contributed by atoms with Gasteiger partial charge in [0.2, 0.25) is 0 Å². The molecule has 0 bridgehead atoms. The summed E-state index contributed by atoms with van der Waals surface area (Å²) in [6.45, 7) is 1.82. The van der Waals surface area contributed by atoms with Crippen molar-refractivity contribution in [2.45, 2.75) is 30.7 Å². The number of fused-ring (bicyclic) bond motifs is 4. The molecule has 3 aromatic heterocycles. The Bertz CT molecular complexity index is 1890. The van der Waals surface area contributed by atoms with Gasteiger partial charge in [-0.25, -0.2) is 0 Å². The van der Waals surface area contributed by atoms with E-state index < -0.39 is 15.1 Å². The normalized spacial score (nSPS) is 14.1. The number of H-pyrrole nitrogens is 1. The van der Waals surface area contributed by atoms with Crippen LogP contribution in [-0.2, 0) is 10.2 Å². The van der Waals surface area contributed by atoms with Crippen molar-refractivity contribution < 1.29 is 12.3 Å². The highest BCUT2D eigenvalue weighted by Crippen LogP contribution is 2.41. The minimum absolute atomic E-state index is 0.120. The Morgan fingerprint density at radius 3 is 2.65 bits per heavy atom. The van der Waals surface area contributed by atoms with Gasteiger partial charge in [-0.05, 0) is 61.2 Å². The molecule has 7 nitrogen and oxygen atoms in total. The Morgan fingerprint density at radius 2 is 1.94 bits per heavy atom. The van der Waals surface area contributed by atoms with E-state index in [0.29, 0.717) is 38.6 Å². The zero-order valence-electron chi connectivity index (χ0n) is 18.0. The monoisotopic (exact) mass is 472 g/mol. The van der Waals surface area contributed by atoms with Crippen LogP contribution in [0.4, 0.5) is 3.89 Å². The topological polar surface area (TPSA) is 109 Å². The number of aromatic amines is 1. The van der Waals surface area contributed by atoms with Crippen molar-refractivity contribution in [2.75, 3.05) is 0 Å². The molecule has 0 aliphatic heterocycles. The number of nitriles is 1. The molecule has 3 heterocycles. The molecule has 1 aliphatic rings. The van der Waals surface area contributed by atoms with Crippen molar-refractivity contribution in [1.29, 1.82) is 5.26 Å². The molecule has 1 saturated carbocycles. The fourth-order valence-electron chi connectivity index (χ4n) is 4.72. The van der Waals surface area contributed by atoms with Gasteiger partial charge in [-0.1, -0.05) is 6.07 Å². The first kappa shape index (κ1) is 20.6. The van der Waals surface area contributed by atoms with Crippen LogP contribution in [0.5, 0.6) is 0 Å². The highest BCUT2D eigenvalue weighted by atomic mass is 32.3. The number of benzene rings is 2. The van der Waals surface area contributed by atoms with E-state index in [0.717, 1.165) is 35.5 Å². The van der Waals surface area contributed by atoms with E-state index in [9.17, 15) is 22.4 Å². The van der Waals surface area contributed by atoms with E-state index in [4.69, 9.17) is 0 Å². The summed E-state index contributed by atoms with van der Waals surface area (Å²) >= 11 is 0. The van der Waals surface area contributed by atoms with Gasteiger partial charge in [0.1, 0.15) is 10.5 Å². The Balaban J connectivity index is 1.72. The second-order valence-corrected chi connectivity index (χ2v) is 10.0. The van der Waals surface area contributed by atoms with Crippen LogP contribution >= 0.6 is 0 Å². The Kier molecular flexibility index (Phi) is 4.22. The zero-order valence-corrected chi connectivity index (χ0v) is 18.8. The fraction of sp³-hybridized carbons (Fsp3) is 0.160. The van der Waals surface area contributed by atoms with Crippen LogP contribution in [-0.4, -0.2) is 23.0 Å². The number of hydrogen-bond donors (Lipinski definition) is 1. The van der Waals surface area contributed by atoms with Gasteiger partial charge in [0.25, 0.3) is 0 Å². The molecular formula is C25H17FN4O3S. The molecule has 9 heteroatoms. The summed E-state index contributed by atoms with van der Waals surface area (Å²) in [4.78, 5) is 20.4. The molecule has 0 amide bonds. The Hall–Kier alpha value is -4.03. The number of rotatable bonds is 3. The number of nitrogens with one attached hydrogen (secondary N) is 1. The molecule has 5 aromatic rings. The van der Waals surface area contributed by atoms with Crippen molar-refractivity contribution in [2.24, 2.45) is 0 Å². The van der Waals surface area contributed by atoms with Crippen LogP contribution in [0.1, 0.15) is 30.0 Å². The van der Waals surface area contributed by atoms with Crippen LogP contribution < -0.4 is 5.43 Å². The lowest BCUT2D eigenvalue weighted by Gasteiger charge is -2.15. The number of halogens is 1. The molecule has 34 heavy (non-hydrogen) atoms. The molecule has 1 aliphatic carbocycles. The van der Waals surface area contributed by atoms with Crippen LogP contribution in [0.2, 0.25) is 0 Å². The van der Waals surface area contributed by atoms with Crippen LogP contribution in [0.3, 0.4) is 0 Å². The minimum Gasteiger partial charge on any atom is -0.340 e. The van der Waals surface area contributed by atoms with E-state index in [1.165, 1.54) is 12.3 Å².